The van der Waals surface area contributed by atoms with Gasteiger partial charge in [0.1, 0.15) is 5.75 Å². The van der Waals surface area contributed by atoms with Gasteiger partial charge in [-0.15, -0.1) is 0 Å². The molecule has 110 valence electrons. The van der Waals surface area contributed by atoms with Crippen LogP contribution in [0.3, 0.4) is 0 Å². The molecule has 2 aromatic carbocycles. The fourth-order valence-corrected chi connectivity index (χ4v) is 2.44. The average Bonchev–Trinajstić information content (AvgIpc) is 2.93. The first-order valence-corrected chi connectivity index (χ1v) is 7.11. The summed E-state index contributed by atoms with van der Waals surface area (Å²) < 4.78 is 10.6. The van der Waals surface area contributed by atoms with Gasteiger partial charge in [0, 0.05) is 24.2 Å². The number of phenols is 1. The third-order valence-electron chi connectivity index (χ3n) is 3.60. The third kappa shape index (κ3) is 3.28. The molecule has 4 heteroatoms. The summed E-state index contributed by atoms with van der Waals surface area (Å²) in [5.74, 6) is 1.53. The number of phenolic OH excluding ortho intramolecular Hbond substituents is 1. The van der Waals surface area contributed by atoms with Crippen molar-refractivity contribution in [2.24, 2.45) is 0 Å². The standard InChI is InChI=1S/C17H19NO3/c1-12(7-13-5-3-2-4-6-13)18-10-14-8-16-17(9-15(14)19)21-11-20-16/h2-6,8-9,12,18-19H,7,10-11H2,1H3. The van der Waals surface area contributed by atoms with Crippen molar-refractivity contribution in [2.45, 2.75) is 25.9 Å². The molecule has 0 amide bonds. The minimum absolute atomic E-state index is 0.218. The van der Waals surface area contributed by atoms with Gasteiger partial charge in [-0.1, -0.05) is 30.3 Å². The molecule has 0 radical (unpaired) electrons. The SMILES string of the molecule is CC(Cc1ccccc1)NCc1cc2c(cc1O)OCO2. The summed E-state index contributed by atoms with van der Waals surface area (Å²) in [5, 5.41) is 13.4. The van der Waals surface area contributed by atoms with Crippen molar-refractivity contribution in [1.29, 1.82) is 0 Å². The van der Waals surface area contributed by atoms with Crippen molar-refractivity contribution in [1.82, 2.24) is 5.32 Å². The number of hydrogen-bond donors (Lipinski definition) is 2. The summed E-state index contributed by atoms with van der Waals surface area (Å²) in [6, 6.07) is 14.1. The van der Waals surface area contributed by atoms with Gasteiger partial charge in [0.05, 0.1) is 0 Å². The Bertz CT molecular complexity index is 613. The van der Waals surface area contributed by atoms with E-state index in [0.717, 1.165) is 12.0 Å². The molecule has 1 unspecified atom stereocenters. The first-order valence-electron chi connectivity index (χ1n) is 7.11. The van der Waals surface area contributed by atoms with Crippen LogP contribution in [0.25, 0.3) is 0 Å². The summed E-state index contributed by atoms with van der Waals surface area (Å²) in [6.07, 6.45) is 0.951. The highest BCUT2D eigenvalue weighted by Crippen LogP contribution is 2.37. The maximum atomic E-state index is 10.0. The van der Waals surface area contributed by atoms with E-state index >= 15 is 0 Å². The Balaban J connectivity index is 1.60. The van der Waals surface area contributed by atoms with E-state index in [-0.39, 0.29) is 12.5 Å². The molecular weight excluding hydrogens is 266 g/mol. The number of rotatable bonds is 5. The highest BCUT2D eigenvalue weighted by molar-refractivity contribution is 5.51. The van der Waals surface area contributed by atoms with Gasteiger partial charge in [0.15, 0.2) is 11.5 Å². The Labute approximate surface area is 124 Å². The Morgan fingerprint density at radius 1 is 1.14 bits per heavy atom. The molecule has 2 N–H and O–H groups in total. The summed E-state index contributed by atoms with van der Waals surface area (Å²) >= 11 is 0. The van der Waals surface area contributed by atoms with Gasteiger partial charge in [0.25, 0.3) is 0 Å². The van der Waals surface area contributed by atoms with E-state index in [4.69, 9.17) is 9.47 Å². The lowest BCUT2D eigenvalue weighted by Gasteiger charge is -2.15. The second-order valence-electron chi connectivity index (χ2n) is 5.31. The van der Waals surface area contributed by atoms with Gasteiger partial charge in [-0.25, -0.2) is 0 Å². The number of aromatic hydroxyl groups is 1. The molecule has 1 atom stereocenters. The number of fused-ring (bicyclic) bond motifs is 1. The van der Waals surface area contributed by atoms with Gasteiger partial charge in [0.2, 0.25) is 6.79 Å². The average molecular weight is 285 g/mol. The smallest absolute Gasteiger partial charge is 0.231 e. The summed E-state index contributed by atoms with van der Waals surface area (Å²) in [5.41, 5.74) is 2.12. The highest BCUT2D eigenvalue weighted by Gasteiger charge is 2.17. The Kier molecular flexibility index (Phi) is 3.97. The van der Waals surface area contributed by atoms with Crippen LogP contribution in [0.2, 0.25) is 0 Å². The first-order chi connectivity index (χ1) is 10.2. The van der Waals surface area contributed by atoms with E-state index in [9.17, 15) is 5.11 Å². The van der Waals surface area contributed by atoms with Gasteiger partial charge in [-0.2, -0.15) is 0 Å². The van der Waals surface area contributed by atoms with Crippen LogP contribution in [-0.2, 0) is 13.0 Å². The van der Waals surface area contributed by atoms with Crippen molar-refractivity contribution in [2.75, 3.05) is 6.79 Å². The predicted molar refractivity (Wildman–Crippen MR) is 80.7 cm³/mol. The zero-order valence-electron chi connectivity index (χ0n) is 12.0. The van der Waals surface area contributed by atoms with E-state index < -0.39 is 0 Å². The lowest BCUT2D eigenvalue weighted by molar-refractivity contribution is 0.174. The maximum absolute atomic E-state index is 10.0. The van der Waals surface area contributed by atoms with Crippen LogP contribution in [0.1, 0.15) is 18.1 Å². The molecule has 0 spiro atoms. The zero-order chi connectivity index (χ0) is 14.7. The van der Waals surface area contributed by atoms with Crippen molar-refractivity contribution >= 4 is 0 Å². The van der Waals surface area contributed by atoms with Gasteiger partial charge >= 0.3 is 0 Å². The minimum Gasteiger partial charge on any atom is -0.507 e. The lowest BCUT2D eigenvalue weighted by atomic mass is 10.1. The molecule has 0 saturated carbocycles. The second-order valence-corrected chi connectivity index (χ2v) is 5.31. The first kappa shape index (κ1) is 13.8. The van der Waals surface area contributed by atoms with Crippen molar-refractivity contribution < 1.29 is 14.6 Å². The number of benzene rings is 2. The number of hydrogen-bond acceptors (Lipinski definition) is 4. The monoisotopic (exact) mass is 285 g/mol. The fraction of sp³-hybridized carbons (Fsp3) is 0.294. The van der Waals surface area contributed by atoms with E-state index in [0.29, 0.717) is 24.1 Å². The second kappa shape index (κ2) is 6.06. The molecule has 1 heterocycles. The minimum atomic E-state index is 0.218. The molecule has 2 aromatic rings. The summed E-state index contributed by atoms with van der Waals surface area (Å²) in [7, 11) is 0. The molecule has 21 heavy (non-hydrogen) atoms. The molecule has 3 rings (SSSR count). The Morgan fingerprint density at radius 3 is 2.62 bits per heavy atom. The van der Waals surface area contributed by atoms with E-state index in [1.807, 2.05) is 24.3 Å². The topological polar surface area (TPSA) is 50.7 Å². The van der Waals surface area contributed by atoms with Gasteiger partial charge in [-0.05, 0) is 25.0 Å². The quantitative estimate of drug-likeness (QED) is 0.887. The van der Waals surface area contributed by atoms with Crippen molar-refractivity contribution in [3.63, 3.8) is 0 Å². The molecule has 1 aliphatic heterocycles. The molecule has 1 aliphatic rings. The predicted octanol–water partition coefficient (Wildman–Crippen LogP) is 2.84. The van der Waals surface area contributed by atoms with Crippen LogP contribution in [0, 0.1) is 0 Å². The molecule has 0 aromatic heterocycles. The van der Waals surface area contributed by atoms with E-state index in [1.165, 1.54) is 5.56 Å². The Hall–Kier alpha value is -2.20. The van der Waals surface area contributed by atoms with Crippen LogP contribution < -0.4 is 14.8 Å². The van der Waals surface area contributed by atoms with Crippen molar-refractivity contribution in [3.05, 3.63) is 53.6 Å². The van der Waals surface area contributed by atoms with Crippen LogP contribution in [-0.4, -0.2) is 17.9 Å². The molecule has 0 bridgehead atoms. The lowest BCUT2D eigenvalue weighted by Crippen LogP contribution is -2.27. The van der Waals surface area contributed by atoms with Crippen LogP contribution in [0.15, 0.2) is 42.5 Å². The van der Waals surface area contributed by atoms with Gasteiger partial charge in [-0.3, -0.25) is 0 Å². The largest absolute Gasteiger partial charge is 0.507 e. The Morgan fingerprint density at radius 2 is 1.86 bits per heavy atom. The molecule has 0 aliphatic carbocycles. The third-order valence-corrected chi connectivity index (χ3v) is 3.60. The van der Waals surface area contributed by atoms with Gasteiger partial charge < -0.3 is 19.9 Å². The molecule has 4 nitrogen and oxygen atoms in total. The zero-order valence-corrected chi connectivity index (χ0v) is 12.0. The summed E-state index contributed by atoms with van der Waals surface area (Å²) in [4.78, 5) is 0. The molecule has 0 fully saturated rings. The van der Waals surface area contributed by atoms with Crippen LogP contribution in [0.4, 0.5) is 0 Å². The van der Waals surface area contributed by atoms with Crippen LogP contribution >= 0.6 is 0 Å². The molecular formula is C17H19NO3. The van der Waals surface area contributed by atoms with E-state index in [2.05, 4.69) is 24.4 Å². The fourth-order valence-electron chi connectivity index (χ4n) is 2.44. The van der Waals surface area contributed by atoms with Crippen molar-refractivity contribution in [3.8, 4) is 17.2 Å². The number of ether oxygens (including phenoxy) is 2. The summed E-state index contributed by atoms with van der Waals surface area (Å²) in [6.45, 7) is 2.95. The van der Waals surface area contributed by atoms with E-state index in [1.54, 1.807) is 6.07 Å². The maximum Gasteiger partial charge on any atom is 0.231 e. The molecule has 0 saturated heterocycles. The number of nitrogens with one attached hydrogen (secondary N) is 1. The normalized spacial score (nSPS) is 14.1. The van der Waals surface area contributed by atoms with Crippen LogP contribution in [0.5, 0.6) is 17.2 Å². The highest BCUT2D eigenvalue weighted by atomic mass is 16.7.